The first kappa shape index (κ1) is 12.8. The molecule has 0 aliphatic heterocycles. The summed E-state index contributed by atoms with van der Waals surface area (Å²) in [7, 11) is 0. The molecule has 0 radical (unpaired) electrons. The van der Waals surface area contributed by atoms with Crippen molar-refractivity contribution < 1.29 is 4.79 Å². The zero-order valence-corrected chi connectivity index (χ0v) is 11.3. The van der Waals surface area contributed by atoms with Crippen LogP contribution in [-0.2, 0) is 4.79 Å². The summed E-state index contributed by atoms with van der Waals surface area (Å²) in [6, 6.07) is 0.261. The van der Waals surface area contributed by atoms with E-state index in [9.17, 15) is 4.79 Å². The molecule has 2 aliphatic carbocycles. The molecule has 0 saturated heterocycles. The van der Waals surface area contributed by atoms with Gasteiger partial charge in [-0.25, -0.2) is 0 Å². The predicted molar refractivity (Wildman–Crippen MR) is 72.6 cm³/mol. The summed E-state index contributed by atoms with van der Waals surface area (Å²) < 4.78 is 0. The van der Waals surface area contributed by atoms with Crippen LogP contribution in [0, 0.1) is 11.3 Å². The molecule has 17 heavy (non-hydrogen) atoms. The smallest absolute Gasteiger partial charge is 0.233 e. The van der Waals surface area contributed by atoms with E-state index >= 15 is 0 Å². The van der Waals surface area contributed by atoms with E-state index in [2.05, 4.69) is 12.2 Å². The van der Waals surface area contributed by atoms with Crippen molar-refractivity contribution in [2.45, 2.75) is 57.9 Å². The first-order valence-corrected chi connectivity index (χ1v) is 7.08. The maximum absolute atomic E-state index is 12.3. The SMILES string of the molecule is CC(NC(=O)C1(C(N)=S)CCC1)C1CCCC1. The van der Waals surface area contributed by atoms with Crippen LogP contribution in [0.5, 0.6) is 0 Å². The highest BCUT2D eigenvalue weighted by atomic mass is 32.1. The second-order valence-electron chi connectivity index (χ2n) is 5.61. The maximum Gasteiger partial charge on any atom is 0.233 e. The lowest BCUT2D eigenvalue weighted by Gasteiger charge is -2.40. The van der Waals surface area contributed by atoms with Gasteiger partial charge in [-0.2, -0.15) is 0 Å². The zero-order chi connectivity index (χ0) is 12.5. The molecule has 4 heteroatoms. The van der Waals surface area contributed by atoms with Gasteiger partial charge < -0.3 is 11.1 Å². The normalized spacial score (nSPS) is 25.0. The summed E-state index contributed by atoms with van der Waals surface area (Å²) in [6.07, 6.45) is 7.78. The van der Waals surface area contributed by atoms with Crippen LogP contribution in [0.2, 0.25) is 0 Å². The molecule has 1 amide bonds. The van der Waals surface area contributed by atoms with Gasteiger partial charge in [0.25, 0.3) is 0 Å². The van der Waals surface area contributed by atoms with Gasteiger partial charge in [-0.3, -0.25) is 4.79 Å². The Hall–Kier alpha value is -0.640. The molecule has 2 aliphatic rings. The van der Waals surface area contributed by atoms with E-state index < -0.39 is 5.41 Å². The van der Waals surface area contributed by atoms with Crippen LogP contribution in [0.3, 0.4) is 0 Å². The molecule has 2 saturated carbocycles. The molecule has 0 heterocycles. The van der Waals surface area contributed by atoms with E-state index in [4.69, 9.17) is 18.0 Å². The highest BCUT2D eigenvalue weighted by Gasteiger charge is 2.47. The molecular weight excluding hydrogens is 232 g/mol. The molecule has 0 bridgehead atoms. The molecule has 3 nitrogen and oxygen atoms in total. The zero-order valence-electron chi connectivity index (χ0n) is 10.5. The fourth-order valence-corrected chi connectivity index (χ4v) is 3.33. The van der Waals surface area contributed by atoms with E-state index in [1.807, 2.05) is 0 Å². The molecule has 1 unspecified atom stereocenters. The standard InChI is InChI=1S/C13H22N2OS/c1-9(10-5-2-3-6-10)15-12(16)13(11(14)17)7-4-8-13/h9-10H,2-8H2,1H3,(H2,14,17)(H,15,16). The summed E-state index contributed by atoms with van der Waals surface area (Å²) in [5.41, 5.74) is 5.21. The Morgan fingerprint density at radius 2 is 1.94 bits per heavy atom. The molecule has 0 aromatic carbocycles. The van der Waals surface area contributed by atoms with Crippen molar-refractivity contribution in [3.63, 3.8) is 0 Å². The van der Waals surface area contributed by atoms with Crippen molar-refractivity contribution in [1.29, 1.82) is 0 Å². The molecule has 3 N–H and O–H groups in total. The quantitative estimate of drug-likeness (QED) is 0.756. The van der Waals surface area contributed by atoms with Crippen LogP contribution in [0.25, 0.3) is 0 Å². The Morgan fingerprint density at radius 3 is 2.35 bits per heavy atom. The summed E-state index contributed by atoms with van der Waals surface area (Å²) in [5.74, 6) is 0.707. The third-order valence-corrected chi connectivity index (χ3v) is 4.97. The predicted octanol–water partition coefficient (Wildman–Crippen LogP) is 2.14. The van der Waals surface area contributed by atoms with Crippen molar-refractivity contribution in [1.82, 2.24) is 5.32 Å². The van der Waals surface area contributed by atoms with Crippen LogP contribution in [0.15, 0.2) is 0 Å². The molecule has 2 rings (SSSR count). The second kappa shape index (κ2) is 4.92. The van der Waals surface area contributed by atoms with E-state index in [1.165, 1.54) is 25.7 Å². The number of nitrogens with two attached hydrogens (primary N) is 1. The third-order valence-electron chi connectivity index (χ3n) is 4.58. The first-order chi connectivity index (χ1) is 8.06. The number of amides is 1. The fraction of sp³-hybridized carbons (Fsp3) is 0.846. The van der Waals surface area contributed by atoms with Crippen molar-refractivity contribution in [2.75, 3.05) is 0 Å². The molecule has 0 aromatic heterocycles. The van der Waals surface area contributed by atoms with E-state index in [0.717, 1.165) is 19.3 Å². The van der Waals surface area contributed by atoms with Crippen molar-refractivity contribution in [2.24, 2.45) is 17.1 Å². The number of rotatable bonds is 4. The molecular formula is C13H22N2OS. The summed E-state index contributed by atoms with van der Waals surface area (Å²) >= 11 is 5.06. The van der Waals surface area contributed by atoms with Gasteiger partial charge in [-0.15, -0.1) is 0 Å². The van der Waals surface area contributed by atoms with Crippen LogP contribution >= 0.6 is 12.2 Å². The number of carbonyl (C=O) groups is 1. The second-order valence-corrected chi connectivity index (χ2v) is 6.05. The summed E-state index contributed by atoms with van der Waals surface area (Å²) in [4.78, 5) is 12.7. The van der Waals surface area contributed by atoms with Gasteiger partial charge in [0.2, 0.25) is 5.91 Å². The number of thiocarbonyl (C=S) groups is 1. The van der Waals surface area contributed by atoms with Crippen LogP contribution in [-0.4, -0.2) is 16.9 Å². The highest BCUT2D eigenvalue weighted by molar-refractivity contribution is 7.80. The minimum absolute atomic E-state index is 0.0654. The average molecular weight is 254 g/mol. The van der Waals surface area contributed by atoms with Crippen LogP contribution in [0.1, 0.15) is 51.9 Å². The topological polar surface area (TPSA) is 55.1 Å². The average Bonchev–Trinajstić information content (AvgIpc) is 2.66. The Bertz CT molecular complexity index is 319. The molecule has 0 aromatic rings. The largest absolute Gasteiger partial charge is 0.392 e. The maximum atomic E-state index is 12.3. The minimum Gasteiger partial charge on any atom is -0.392 e. The Morgan fingerprint density at radius 1 is 1.35 bits per heavy atom. The first-order valence-electron chi connectivity index (χ1n) is 6.67. The van der Waals surface area contributed by atoms with E-state index in [-0.39, 0.29) is 11.9 Å². The number of carbonyl (C=O) groups excluding carboxylic acids is 1. The third kappa shape index (κ3) is 2.32. The Kier molecular flexibility index (Phi) is 3.71. The van der Waals surface area contributed by atoms with Gasteiger partial charge in [-0.05, 0) is 38.5 Å². The van der Waals surface area contributed by atoms with Gasteiger partial charge in [0.1, 0.15) is 0 Å². The Balaban J connectivity index is 1.93. The lowest BCUT2D eigenvalue weighted by molar-refractivity contribution is -0.131. The molecule has 1 atom stereocenters. The van der Waals surface area contributed by atoms with E-state index in [1.54, 1.807) is 0 Å². The van der Waals surface area contributed by atoms with Crippen molar-refractivity contribution >= 4 is 23.1 Å². The Labute approximate surface area is 109 Å². The lowest BCUT2D eigenvalue weighted by atomic mass is 9.68. The number of hydrogen-bond acceptors (Lipinski definition) is 2. The number of nitrogens with one attached hydrogen (secondary N) is 1. The van der Waals surface area contributed by atoms with E-state index in [0.29, 0.717) is 10.9 Å². The molecule has 96 valence electrons. The highest BCUT2D eigenvalue weighted by Crippen LogP contribution is 2.41. The van der Waals surface area contributed by atoms with Gasteiger partial charge >= 0.3 is 0 Å². The van der Waals surface area contributed by atoms with Gasteiger partial charge in [0.05, 0.1) is 10.4 Å². The summed E-state index contributed by atoms with van der Waals surface area (Å²) in [5, 5.41) is 3.14. The summed E-state index contributed by atoms with van der Waals surface area (Å²) in [6.45, 7) is 2.11. The molecule has 2 fully saturated rings. The molecule has 0 spiro atoms. The van der Waals surface area contributed by atoms with Crippen molar-refractivity contribution in [3.8, 4) is 0 Å². The minimum atomic E-state index is -0.526. The van der Waals surface area contributed by atoms with Gasteiger partial charge in [0, 0.05) is 6.04 Å². The van der Waals surface area contributed by atoms with Crippen LogP contribution < -0.4 is 11.1 Å². The van der Waals surface area contributed by atoms with Crippen molar-refractivity contribution in [3.05, 3.63) is 0 Å². The lowest BCUT2D eigenvalue weighted by Crippen LogP contribution is -2.55. The monoisotopic (exact) mass is 254 g/mol. The fourth-order valence-electron chi connectivity index (χ4n) is 3.04. The van der Waals surface area contributed by atoms with Gasteiger partial charge in [0.15, 0.2) is 0 Å². The van der Waals surface area contributed by atoms with Gasteiger partial charge in [-0.1, -0.05) is 31.5 Å². The number of hydrogen-bond donors (Lipinski definition) is 2. The van der Waals surface area contributed by atoms with Crippen LogP contribution in [0.4, 0.5) is 0 Å².